The normalized spacial score (nSPS) is 10.0. The van der Waals surface area contributed by atoms with Gasteiger partial charge in [0.05, 0.1) is 8.59 Å². The van der Waals surface area contributed by atoms with E-state index in [1.807, 2.05) is 22.6 Å². The average Bonchev–Trinajstić information content (AvgIpc) is 1.93. The Labute approximate surface area is 84.2 Å². The molecule has 0 N–H and O–H groups in total. The summed E-state index contributed by atoms with van der Waals surface area (Å²) in [5.74, 6) is -0.409. The predicted molar refractivity (Wildman–Crippen MR) is 49.6 cm³/mol. The quantitative estimate of drug-likeness (QED) is 0.524. The lowest BCUT2D eigenvalue weighted by molar-refractivity contribution is 0.605. The maximum atomic E-state index is 12.8. The van der Waals surface area contributed by atoms with Gasteiger partial charge in [-0.2, -0.15) is 0 Å². The molecule has 0 bridgehead atoms. The van der Waals surface area contributed by atoms with Crippen LogP contribution in [-0.4, -0.2) is 4.98 Å². The molecule has 10 heavy (non-hydrogen) atoms. The Bertz CT molecular complexity index is 241. The van der Waals surface area contributed by atoms with E-state index in [4.69, 9.17) is 11.6 Å². The van der Waals surface area contributed by atoms with Crippen molar-refractivity contribution in [3.8, 4) is 0 Å². The Balaban J connectivity index is 3.34. The van der Waals surface area contributed by atoms with E-state index in [1.54, 1.807) is 0 Å². The molecule has 1 heterocycles. The zero-order chi connectivity index (χ0) is 7.72. The van der Waals surface area contributed by atoms with Gasteiger partial charge in [-0.1, -0.05) is 11.6 Å². The highest BCUT2D eigenvalue weighted by molar-refractivity contribution is 14.1. The molecule has 0 saturated heterocycles. The number of rotatable bonds is 0. The number of nitrogens with zero attached hydrogens (tertiary/aromatic N) is 1. The Hall–Kier alpha value is 0.580. The highest BCUT2D eigenvalue weighted by Crippen LogP contribution is 2.24. The summed E-state index contributed by atoms with van der Waals surface area (Å²) >= 11 is 10.3. The van der Waals surface area contributed by atoms with Gasteiger partial charge >= 0.3 is 0 Å². The van der Waals surface area contributed by atoms with E-state index >= 15 is 0 Å². The topological polar surface area (TPSA) is 12.9 Å². The smallest absolute Gasteiger partial charge is 0.170 e. The minimum Gasteiger partial charge on any atom is -0.245 e. The molecule has 0 unspecified atom stereocenters. The third kappa shape index (κ3) is 1.60. The van der Waals surface area contributed by atoms with Gasteiger partial charge in [-0.05, 0) is 38.5 Å². The lowest BCUT2D eigenvalue weighted by Crippen LogP contribution is -1.87. The Morgan fingerprint density at radius 1 is 1.70 bits per heavy atom. The van der Waals surface area contributed by atoms with Crippen LogP contribution in [0.5, 0.6) is 0 Å². The van der Waals surface area contributed by atoms with E-state index < -0.39 is 5.82 Å². The molecular formula is C5HBrClFIN. The van der Waals surface area contributed by atoms with Crippen molar-refractivity contribution in [2.75, 3.05) is 0 Å². The van der Waals surface area contributed by atoms with Gasteiger partial charge in [-0.3, -0.25) is 0 Å². The molecule has 0 amide bonds. The summed E-state index contributed by atoms with van der Waals surface area (Å²) in [5.41, 5.74) is 0. The van der Waals surface area contributed by atoms with Crippen molar-refractivity contribution in [2.24, 2.45) is 0 Å². The fourth-order valence-electron chi connectivity index (χ4n) is 0.422. The van der Waals surface area contributed by atoms with Gasteiger partial charge in [0.15, 0.2) is 5.82 Å². The molecule has 0 aliphatic rings. The van der Waals surface area contributed by atoms with Crippen molar-refractivity contribution in [2.45, 2.75) is 0 Å². The van der Waals surface area contributed by atoms with E-state index in [0.717, 1.165) is 0 Å². The molecule has 0 fully saturated rings. The van der Waals surface area contributed by atoms with Crippen LogP contribution in [0.4, 0.5) is 4.39 Å². The molecule has 1 rings (SSSR count). The molecule has 1 nitrogen and oxygen atoms in total. The second-order valence-electron chi connectivity index (χ2n) is 1.52. The number of hydrogen-bond donors (Lipinski definition) is 0. The van der Waals surface area contributed by atoms with Crippen LogP contribution in [0.2, 0.25) is 5.02 Å². The SMILES string of the molecule is Fc1c(Br)ncc(Cl)c1I. The van der Waals surface area contributed by atoms with Crippen molar-refractivity contribution in [1.82, 2.24) is 4.98 Å². The fraction of sp³-hybridized carbons (Fsp3) is 0. The monoisotopic (exact) mass is 335 g/mol. The van der Waals surface area contributed by atoms with Crippen molar-refractivity contribution in [3.05, 3.63) is 25.2 Å². The maximum absolute atomic E-state index is 12.8. The van der Waals surface area contributed by atoms with Gasteiger partial charge in [0.25, 0.3) is 0 Å². The Morgan fingerprint density at radius 2 is 2.30 bits per heavy atom. The van der Waals surface area contributed by atoms with Crippen molar-refractivity contribution in [3.63, 3.8) is 0 Å². The summed E-state index contributed by atoms with van der Waals surface area (Å²) in [6.45, 7) is 0. The molecule has 0 saturated carbocycles. The number of halogens is 4. The molecule has 54 valence electrons. The number of hydrogen-bond acceptors (Lipinski definition) is 1. The first-order valence-corrected chi connectivity index (χ1v) is 4.53. The molecule has 0 radical (unpaired) electrons. The first-order chi connectivity index (χ1) is 4.63. The van der Waals surface area contributed by atoms with E-state index in [1.165, 1.54) is 6.20 Å². The van der Waals surface area contributed by atoms with Gasteiger partial charge in [0.1, 0.15) is 4.60 Å². The lowest BCUT2D eigenvalue weighted by Gasteiger charge is -1.97. The molecule has 1 aromatic heterocycles. The van der Waals surface area contributed by atoms with Gasteiger partial charge in [-0.15, -0.1) is 0 Å². The standard InChI is InChI=1S/C5HBrClFIN/c6-5-3(8)4(9)2(7)1-10-5/h1H. The van der Waals surface area contributed by atoms with Gasteiger partial charge < -0.3 is 0 Å². The Morgan fingerprint density at radius 3 is 2.80 bits per heavy atom. The largest absolute Gasteiger partial charge is 0.245 e. The Kier molecular flexibility index (Phi) is 2.88. The summed E-state index contributed by atoms with van der Waals surface area (Å²) in [7, 11) is 0. The van der Waals surface area contributed by atoms with E-state index in [2.05, 4.69) is 20.9 Å². The van der Waals surface area contributed by atoms with Crippen LogP contribution in [0, 0.1) is 9.39 Å². The third-order valence-corrected chi connectivity index (χ3v) is 3.09. The molecule has 0 aliphatic heterocycles. The number of aromatic nitrogens is 1. The molecule has 1 aromatic rings. The minimum absolute atomic E-state index is 0.196. The minimum atomic E-state index is -0.409. The zero-order valence-corrected chi connectivity index (χ0v) is 9.04. The summed E-state index contributed by atoms with van der Waals surface area (Å²) in [4.78, 5) is 3.64. The molecule has 0 spiro atoms. The van der Waals surface area contributed by atoms with Crippen molar-refractivity contribution < 1.29 is 4.39 Å². The van der Waals surface area contributed by atoms with Crippen LogP contribution in [0.1, 0.15) is 0 Å². The summed E-state index contributed by atoms with van der Waals surface area (Å²) < 4.78 is 13.4. The molecular weight excluding hydrogens is 335 g/mol. The van der Waals surface area contributed by atoms with Crippen LogP contribution < -0.4 is 0 Å². The van der Waals surface area contributed by atoms with Gasteiger partial charge in [-0.25, -0.2) is 9.37 Å². The first-order valence-electron chi connectivity index (χ1n) is 2.28. The average molecular weight is 336 g/mol. The first kappa shape index (κ1) is 8.67. The van der Waals surface area contributed by atoms with Crippen LogP contribution in [0.3, 0.4) is 0 Å². The van der Waals surface area contributed by atoms with Crippen LogP contribution in [0.15, 0.2) is 10.8 Å². The summed E-state index contributed by atoms with van der Waals surface area (Å²) in [6.07, 6.45) is 1.40. The predicted octanol–water partition coefficient (Wildman–Crippen LogP) is 3.24. The molecule has 0 aromatic carbocycles. The lowest BCUT2D eigenvalue weighted by atomic mass is 10.5. The van der Waals surface area contributed by atoms with Crippen LogP contribution in [0.25, 0.3) is 0 Å². The second-order valence-corrected chi connectivity index (χ2v) is 3.76. The molecule has 0 aliphatic carbocycles. The van der Waals surface area contributed by atoms with E-state index in [9.17, 15) is 4.39 Å². The second kappa shape index (κ2) is 3.32. The van der Waals surface area contributed by atoms with Crippen LogP contribution >= 0.6 is 50.1 Å². The highest BCUT2D eigenvalue weighted by Gasteiger charge is 2.07. The van der Waals surface area contributed by atoms with Gasteiger partial charge in [0.2, 0.25) is 0 Å². The van der Waals surface area contributed by atoms with E-state index in [-0.39, 0.29) is 4.60 Å². The molecule has 0 atom stereocenters. The van der Waals surface area contributed by atoms with Gasteiger partial charge in [0, 0.05) is 6.20 Å². The summed E-state index contributed by atoms with van der Waals surface area (Å²) in [6, 6.07) is 0. The van der Waals surface area contributed by atoms with Crippen LogP contribution in [-0.2, 0) is 0 Å². The molecule has 5 heteroatoms. The van der Waals surface area contributed by atoms with Crippen molar-refractivity contribution >= 4 is 50.1 Å². The maximum Gasteiger partial charge on any atom is 0.170 e. The summed E-state index contributed by atoms with van der Waals surface area (Å²) in [5, 5.41) is 0.335. The van der Waals surface area contributed by atoms with Crippen molar-refractivity contribution in [1.29, 1.82) is 0 Å². The zero-order valence-electron chi connectivity index (χ0n) is 4.54. The van der Waals surface area contributed by atoms with E-state index in [0.29, 0.717) is 8.59 Å². The third-order valence-electron chi connectivity index (χ3n) is 0.875. The highest BCUT2D eigenvalue weighted by atomic mass is 127. The fourth-order valence-corrected chi connectivity index (χ4v) is 1.62. The number of pyridine rings is 1.